The molecule has 0 spiro atoms. The van der Waals surface area contributed by atoms with E-state index in [4.69, 9.17) is 16.3 Å². The van der Waals surface area contributed by atoms with Crippen LogP contribution in [0.15, 0.2) is 12.5 Å². The van der Waals surface area contributed by atoms with Gasteiger partial charge in [0.25, 0.3) is 0 Å². The average Bonchev–Trinajstić information content (AvgIpc) is 2.96. The van der Waals surface area contributed by atoms with Gasteiger partial charge in [-0.2, -0.15) is 15.0 Å². The van der Waals surface area contributed by atoms with E-state index >= 15 is 0 Å². The molecule has 0 amide bonds. The minimum absolute atomic E-state index is 0.0952. The van der Waals surface area contributed by atoms with E-state index in [1.165, 1.54) is 17.1 Å². The van der Waals surface area contributed by atoms with Crippen molar-refractivity contribution < 1.29 is 9.53 Å². The second-order valence-corrected chi connectivity index (χ2v) is 4.47. The number of aromatic nitrogens is 5. The van der Waals surface area contributed by atoms with Crippen LogP contribution >= 0.6 is 11.6 Å². The van der Waals surface area contributed by atoms with Crippen LogP contribution in [0.4, 0.5) is 5.95 Å². The third kappa shape index (κ3) is 2.61. The van der Waals surface area contributed by atoms with Gasteiger partial charge in [-0.3, -0.25) is 9.36 Å². The van der Waals surface area contributed by atoms with Crippen LogP contribution in [-0.4, -0.2) is 57.1 Å². The second kappa shape index (κ2) is 5.51. The number of hydrogen-bond acceptors (Lipinski definition) is 7. The largest absolute Gasteiger partial charge is 0.378 e. The summed E-state index contributed by atoms with van der Waals surface area (Å²) < 4.78 is 6.81. The molecule has 20 heavy (non-hydrogen) atoms. The molecule has 3 rings (SSSR count). The lowest BCUT2D eigenvalue weighted by molar-refractivity contribution is 0.111. The number of ether oxygens (including phenoxy) is 1. The zero-order valence-corrected chi connectivity index (χ0v) is 11.2. The van der Waals surface area contributed by atoms with E-state index < -0.39 is 0 Å². The molecule has 2 aromatic heterocycles. The van der Waals surface area contributed by atoms with Crippen molar-refractivity contribution in [3.63, 3.8) is 0 Å². The van der Waals surface area contributed by atoms with E-state index in [9.17, 15) is 4.79 Å². The standard InChI is InChI=1S/C11H11ClN6O2/c12-9-14-10(17-1-3-20-4-2-17)16-11(15-9)18-5-8(6-19)13-7-18/h5-7H,1-4H2. The second-order valence-electron chi connectivity index (χ2n) is 4.13. The SMILES string of the molecule is O=Cc1cn(-c2nc(Cl)nc(N3CCOCC3)n2)cn1. The summed E-state index contributed by atoms with van der Waals surface area (Å²) in [7, 11) is 0. The smallest absolute Gasteiger partial charge is 0.241 e. The van der Waals surface area contributed by atoms with E-state index in [1.54, 1.807) is 0 Å². The number of aldehydes is 1. The Morgan fingerprint density at radius 1 is 1.20 bits per heavy atom. The third-order valence-corrected chi connectivity index (χ3v) is 3.00. The van der Waals surface area contributed by atoms with Gasteiger partial charge in [-0.25, -0.2) is 4.98 Å². The predicted octanol–water partition coefficient (Wildman–Crippen LogP) is 0.360. The van der Waals surface area contributed by atoms with Gasteiger partial charge < -0.3 is 9.64 Å². The van der Waals surface area contributed by atoms with Crippen LogP contribution in [0.3, 0.4) is 0 Å². The van der Waals surface area contributed by atoms with E-state index in [1.807, 2.05) is 4.90 Å². The first-order valence-electron chi connectivity index (χ1n) is 6.00. The molecule has 9 heteroatoms. The highest BCUT2D eigenvalue weighted by Gasteiger charge is 2.16. The fourth-order valence-corrected chi connectivity index (χ4v) is 2.01. The molecule has 0 radical (unpaired) electrons. The van der Waals surface area contributed by atoms with Crippen LogP contribution in [0.1, 0.15) is 10.5 Å². The van der Waals surface area contributed by atoms with Gasteiger partial charge in [-0.1, -0.05) is 0 Å². The van der Waals surface area contributed by atoms with Gasteiger partial charge in [-0.05, 0) is 11.6 Å². The van der Waals surface area contributed by atoms with Gasteiger partial charge >= 0.3 is 0 Å². The molecular weight excluding hydrogens is 284 g/mol. The highest BCUT2D eigenvalue weighted by Crippen LogP contribution is 2.15. The van der Waals surface area contributed by atoms with Gasteiger partial charge in [-0.15, -0.1) is 0 Å². The quantitative estimate of drug-likeness (QED) is 0.755. The van der Waals surface area contributed by atoms with Gasteiger partial charge in [0, 0.05) is 19.3 Å². The lowest BCUT2D eigenvalue weighted by Gasteiger charge is -2.26. The molecule has 3 heterocycles. The van der Waals surface area contributed by atoms with E-state index in [-0.39, 0.29) is 5.28 Å². The molecule has 1 saturated heterocycles. The van der Waals surface area contributed by atoms with Crippen molar-refractivity contribution in [1.82, 2.24) is 24.5 Å². The number of rotatable bonds is 3. The lowest BCUT2D eigenvalue weighted by Crippen LogP contribution is -2.37. The highest BCUT2D eigenvalue weighted by atomic mass is 35.5. The lowest BCUT2D eigenvalue weighted by atomic mass is 10.4. The van der Waals surface area contributed by atoms with Crippen LogP contribution in [0.5, 0.6) is 0 Å². The molecule has 0 aromatic carbocycles. The predicted molar refractivity (Wildman–Crippen MR) is 70.4 cm³/mol. The average molecular weight is 295 g/mol. The van der Waals surface area contributed by atoms with Gasteiger partial charge in [0.1, 0.15) is 12.0 Å². The van der Waals surface area contributed by atoms with E-state index in [2.05, 4.69) is 19.9 Å². The summed E-state index contributed by atoms with van der Waals surface area (Å²) in [5, 5.41) is 0.0952. The number of halogens is 1. The summed E-state index contributed by atoms with van der Waals surface area (Å²) in [5.74, 6) is 0.816. The Morgan fingerprint density at radius 3 is 2.65 bits per heavy atom. The maximum absolute atomic E-state index is 10.7. The van der Waals surface area contributed by atoms with Crippen molar-refractivity contribution in [3.8, 4) is 5.95 Å². The Balaban J connectivity index is 1.95. The normalized spacial score (nSPS) is 15.3. The Kier molecular flexibility index (Phi) is 3.57. The summed E-state index contributed by atoms with van der Waals surface area (Å²) >= 11 is 5.94. The van der Waals surface area contributed by atoms with Crippen LogP contribution in [0.2, 0.25) is 5.28 Å². The summed E-state index contributed by atoms with van der Waals surface area (Å²) in [4.78, 5) is 29.0. The number of nitrogens with zero attached hydrogens (tertiary/aromatic N) is 6. The number of hydrogen-bond donors (Lipinski definition) is 0. The molecule has 1 aliphatic heterocycles. The minimum atomic E-state index is 0.0952. The van der Waals surface area contributed by atoms with E-state index in [0.29, 0.717) is 50.2 Å². The summed E-state index contributed by atoms with van der Waals surface area (Å²) in [6, 6.07) is 0. The van der Waals surface area contributed by atoms with E-state index in [0.717, 1.165) is 0 Å². The van der Waals surface area contributed by atoms with Crippen molar-refractivity contribution in [2.45, 2.75) is 0 Å². The summed E-state index contributed by atoms with van der Waals surface area (Å²) in [6.07, 6.45) is 3.64. The van der Waals surface area contributed by atoms with Crippen molar-refractivity contribution in [2.75, 3.05) is 31.2 Å². The fraction of sp³-hybridized carbons (Fsp3) is 0.364. The zero-order chi connectivity index (χ0) is 13.9. The monoisotopic (exact) mass is 294 g/mol. The number of imidazole rings is 1. The zero-order valence-electron chi connectivity index (χ0n) is 10.4. The molecule has 0 N–H and O–H groups in total. The molecule has 1 fully saturated rings. The van der Waals surface area contributed by atoms with Crippen LogP contribution in [0.25, 0.3) is 5.95 Å². The topological polar surface area (TPSA) is 86.0 Å². The first-order chi connectivity index (χ1) is 9.76. The Labute approximate surface area is 119 Å². The number of anilines is 1. The molecule has 0 unspecified atom stereocenters. The molecule has 0 atom stereocenters. The third-order valence-electron chi connectivity index (χ3n) is 2.83. The Morgan fingerprint density at radius 2 is 1.95 bits per heavy atom. The van der Waals surface area contributed by atoms with Gasteiger partial charge in [0.2, 0.25) is 17.2 Å². The number of carbonyl (C=O) groups excluding carboxylic acids is 1. The first-order valence-corrected chi connectivity index (χ1v) is 6.38. The van der Waals surface area contributed by atoms with Crippen molar-refractivity contribution in [1.29, 1.82) is 0 Å². The van der Waals surface area contributed by atoms with Crippen LogP contribution < -0.4 is 4.90 Å². The molecule has 104 valence electrons. The van der Waals surface area contributed by atoms with Crippen LogP contribution in [0, 0.1) is 0 Å². The van der Waals surface area contributed by atoms with Crippen molar-refractivity contribution in [2.24, 2.45) is 0 Å². The molecule has 0 saturated carbocycles. The van der Waals surface area contributed by atoms with Gasteiger partial charge in [0.05, 0.1) is 13.2 Å². The summed E-state index contributed by atoms with van der Waals surface area (Å²) in [5.41, 5.74) is 0.300. The molecule has 2 aromatic rings. The van der Waals surface area contributed by atoms with Crippen LogP contribution in [-0.2, 0) is 4.74 Å². The van der Waals surface area contributed by atoms with Crippen molar-refractivity contribution in [3.05, 3.63) is 23.5 Å². The molecule has 1 aliphatic rings. The number of morpholine rings is 1. The minimum Gasteiger partial charge on any atom is -0.378 e. The van der Waals surface area contributed by atoms with Crippen molar-refractivity contribution >= 4 is 23.8 Å². The highest BCUT2D eigenvalue weighted by molar-refractivity contribution is 6.28. The van der Waals surface area contributed by atoms with Gasteiger partial charge in [0.15, 0.2) is 6.29 Å². The number of carbonyl (C=O) groups is 1. The maximum Gasteiger partial charge on any atom is 0.241 e. The fourth-order valence-electron chi connectivity index (χ4n) is 1.86. The molecular formula is C11H11ClN6O2. The Hall–Kier alpha value is -2.06. The summed E-state index contributed by atoms with van der Waals surface area (Å²) in [6.45, 7) is 2.64. The Bertz CT molecular complexity index is 625. The molecule has 8 nitrogen and oxygen atoms in total. The first kappa shape index (κ1) is 12.9. The maximum atomic E-state index is 10.7. The molecule has 0 bridgehead atoms. The molecule has 0 aliphatic carbocycles.